The summed E-state index contributed by atoms with van der Waals surface area (Å²) in [5.41, 5.74) is 1.93. The summed E-state index contributed by atoms with van der Waals surface area (Å²) in [6.45, 7) is 0. The molecule has 8 nitrogen and oxygen atoms in total. The standard InChI is InChI=1S/C16H18N4O4/c1-18(13-4-3-5-14-12(13)9-17-19(14)2)16(22)11-7-6-10(20(23)24)8-15(11)21/h6-9,13,21H,3-5H2,1-2H3/t13-/m1/s1. The van der Waals surface area contributed by atoms with Crippen molar-refractivity contribution in [3.8, 4) is 5.75 Å². The average molecular weight is 330 g/mol. The van der Waals surface area contributed by atoms with E-state index in [1.165, 1.54) is 12.1 Å². The van der Waals surface area contributed by atoms with Gasteiger partial charge in [-0.15, -0.1) is 0 Å². The monoisotopic (exact) mass is 330 g/mol. The molecule has 24 heavy (non-hydrogen) atoms. The Morgan fingerprint density at radius 3 is 2.92 bits per heavy atom. The number of nitro benzene ring substituents is 1. The maximum atomic E-state index is 12.7. The van der Waals surface area contributed by atoms with Gasteiger partial charge in [0.25, 0.3) is 11.6 Å². The largest absolute Gasteiger partial charge is 0.507 e. The van der Waals surface area contributed by atoms with Crippen molar-refractivity contribution < 1.29 is 14.8 Å². The number of aryl methyl sites for hydroxylation is 1. The van der Waals surface area contributed by atoms with Crippen molar-refractivity contribution in [3.63, 3.8) is 0 Å². The number of fused-ring (bicyclic) bond motifs is 1. The van der Waals surface area contributed by atoms with Crippen LogP contribution in [-0.2, 0) is 13.5 Å². The van der Waals surface area contributed by atoms with Crippen molar-refractivity contribution in [2.45, 2.75) is 25.3 Å². The number of phenols is 1. The number of non-ortho nitro benzene ring substituents is 1. The molecule has 1 aliphatic rings. The highest BCUT2D eigenvalue weighted by Crippen LogP contribution is 2.35. The van der Waals surface area contributed by atoms with Crippen molar-refractivity contribution in [1.29, 1.82) is 0 Å². The lowest BCUT2D eigenvalue weighted by Crippen LogP contribution is -2.33. The molecular weight excluding hydrogens is 312 g/mol. The van der Waals surface area contributed by atoms with Crippen LogP contribution in [-0.4, -0.2) is 37.7 Å². The van der Waals surface area contributed by atoms with Gasteiger partial charge in [-0.3, -0.25) is 19.6 Å². The highest BCUT2D eigenvalue weighted by atomic mass is 16.6. The summed E-state index contributed by atoms with van der Waals surface area (Å²) in [7, 11) is 3.56. The van der Waals surface area contributed by atoms with Crippen molar-refractivity contribution in [2.75, 3.05) is 7.05 Å². The van der Waals surface area contributed by atoms with Crippen LogP contribution in [0.5, 0.6) is 5.75 Å². The van der Waals surface area contributed by atoms with Gasteiger partial charge >= 0.3 is 0 Å². The molecule has 1 aliphatic carbocycles. The van der Waals surface area contributed by atoms with E-state index < -0.39 is 4.92 Å². The molecule has 0 unspecified atom stereocenters. The minimum absolute atomic E-state index is 0.0547. The number of nitrogens with zero attached hydrogens (tertiary/aromatic N) is 4. The van der Waals surface area contributed by atoms with Gasteiger partial charge < -0.3 is 10.0 Å². The highest BCUT2D eigenvalue weighted by molar-refractivity contribution is 5.97. The zero-order valence-electron chi connectivity index (χ0n) is 13.5. The van der Waals surface area contributed by atoms with Crippen LogP contribution in [0.1, 0.15) is 40.5 Å². The zero-order chi connectivity index (χ0) is 17.4. The Balaban J connectivity index is 1.90. The van der Waals surface area contributed by atoms with E-state index in [2.05, 4.69) is 5.10 Å². The molecule has 126 valence electrons. The molecule has 1 N–H and O–H groups in total. The molecule has 1 aromatic carbocycles. The summed E-state index contributed by atoms with van der Waals surface area (Å²) in [4.78, 5) is 24.4. The molecule has 8 heteroatoms. The number of carbonyl (C=O) groups is 1. The number of hydrogen-bond acceptors (Lipinski definition) is 5. The Bertz CT molecular complexity index is 814. The average Bonchev–Trinajstić information content (AvgIpc) is 2.95. The summed E-state index contributed by atoms with van der Waals surface area (Å²) in [6, 6.07) is 3.39. The van der Waals surface area contributed by atoms with Gasteiger partial charge in [0.2, 0.25) is 0 Å². The fourth-order valence-electron chi connectivity index (χ4n) is 3.23. The van der Waals surface area contributed by atoms with Gasteiger partial charge in [-0.05, 0) is 25.3 Å². The second-order valence-electron chi connectivity index (χ2n) is 5.95. The van der Waals surface area contributed by atoms with E-state index in [4.69, 9.17) is 0 Å². The number of nitro groups is 1. The van der Waals surface area contributed by atoms with Crippen LogP contribution in [0.2, 0.25) is 0 Å². The molecule has 1 atom stereocenters. The lowest BCUT2D eigenvalue weighted by molar-refractivity contribution is -0.384. The van der Waals surface area contributed by atoms with Crippen molar-refractivity contribution in [2.24, 2.45) is 7.05 Å². The third-order valence-corrected chi connectivity index (χ3v) is 4.55. The Hall–Kier alpha value is -2.90. The number of hydrogen-bond donors (Lipinski definition) is 1. The van der Waals surface area contributed by atoms with Crippen LogP contribution >= 0.6 is 0 Å². The van der Waals surface area contributed by atoms with E-state index in [1.807, 2.05) is 11.7 Å². The third-order valence-electron chi connectivity index (χ3n) is 4.55. The Kier molecular flexibility index (Phi) is 3.96. The molecule has 0 saturated heterocycles. The molecule has 0 saturated carbocycles. The number of aromatic hydroxyl groups is 1. The molecular formula is C16H18N4O4. The van der Waals surface area contributed by atoms with Gasteiger partial charge in [0.1, 0.15) is 5.75 Å². The minimum atomic E-state index is -0.610. The molecule has 1 aromatic heterocycles. The molecule has 2 aromatic rings. The van der Waals surface area contributed by atoms with E-state index in [0.29, 0.717) is 0 Å². The van der Waals surface area contributed by atoms with Crippen LogP contribution in [0.3, 0.4) is 0 Å². The number of amides is 1. The van der Waals surface area contributed by atoms with Crippen molar-refractivity contribution in [1.82, 2.24) is 14.7 Å². The summed E-state index contributed by atoms with van der Waals surface area (Å²) >= 11 is 0. The predicted octanol–water partition coefficient (Wildman–Crippen LogP) is 2.18. The number of carbonyl (C=O) groups excluding carboxylic acids is 1. The quantitative estimate of drug-likeness (QED) is 0.686. The Morgan fingerprint density at radius 1 is 1.50 bits per heavy atom. The molecule has 1 amide bonds. The number of aromatic nitrogens is 2. The van der Waals surface area contributed by atoms with Crippen molar-refractivity contribution >= 4 is 11.6 Å². The SMILES string of the molecule is CN(C(=O)c1ccc([N+](=O)[O-])cc1O)[C@@H]1CCCc2c1cnn2C. The van der Waals surface area contributed by atoms with Gasteiger partial charge in [-0.1, -0.05) is 0 Å². The van der Waals surface area contributed by atoms with E-state index in [9.17, 15) is 20.0 Å². The lowest BCUT2D eigenvalue weighted by atomic mass is 9.91. The third kappa shape index (κ3) is 2.60. The number of benzene rings is 1. The van der Waals surface area contributed by atoms with Crippen LogP contribution in [0.4, 0.5) is 5.69 Å². The second kappa shape index (κ2) is 5.95. The van der Waals surface area contributed by atoms with Gasteiger partial charge in [0, 0.05) is 31.4 Å². The molecule has 0 spiro atoms. The van der Waals surface area contributed by atoms with E-state index >= 15 is 0 Å². The van der Waals surface area contributed by atoms with E-state index in [-0.39, 0.29) is 28.9 Å². The number of phenolic OH excluding ortho intramolecular Hbond substituents is 1. The smallest absolute Gasteiger partial charge is 0.273 e. The molecule has 3 rings (SSSR count). The fourth-order valence-corrected chi connectivity index (χ4v) is 3.23. The normalized spacial score (nSPS) is 16.5. The van der Waals surface area contributed by atoms with Gasteiger partial charge in [-0.2, -0.15) is 5.10 Å². The molecule has 0 bridgehead atoms. The maximum Gasteiger partial charge on any atom is 0.273 e. The molecule has 0 aliphatic heterocycles. The first-order valence-corrected chi connectivity index (χ1v) is 7.65. The van der Waals surface area contributed by atoms with Crippen LogP contribution in [0, 0.1) is 10.1 Å². The molecule has 1 heterocycles. The summed E-state index contributed by atoms with van der Waals surface area (Å²) in [6.07, 6.45) is 4.46. The minimum Gasteiger partial charge on any atom is -0.507 e. The fraction of sp³-hybridized carbons (Fsp3) is 0.375. The summed E-state index contributed by atoms with van der Waals surface area (Å²) in [5.74, 6) is -0.757. The second-order valence-corrected chi connectivity index (χ2v) is 5.95. The summed E-state index contributed by atoms with van der Waals surface area (Å²) in [5, 5.41) is 25.0. The van der Waals surface area contributed by atoms with Crippen molar-refractivity contribution in [3.05, 3.63) is 51.3 Å². The topological polar surface area (TPSA) is 102 Å². The van der Waals surface area contributed by atoms with Crippen LogP contribution in [0.15, 0.2) is 24.4 Å². The van der Waals surface area contributed by atoms with Crippen LogP contribution < -0.4 is 0 Å². The van der Waals surface area contributed by atoms with Gasteiger partial charge in [-0.25, -0.2) is 0 Å². The molecule has 0 fully saturated rings. The Morgan fingerprint density at radius 2 is 2.25 bits per heavy atom. The van der Waals surface area contributed by atoms with E-state index in [0.717, 1.165) is 36.6 Å². The van der Waals surface area contributed by atoms with Gasteiger partial charge in [0.05, 0.1) is 28.8 Å². The first kappa shape index (κ1) is 16.0. The summed E-state index contributed by atoms with van der Waals surface area (Å²) < 4.78 is 1.82. The van der Waals surface area contributed by atoms with Crippen LogP contribution in [0.25, 0.3) is 0 Å². The lowest BCUT2D eigenvalue weighted by Gasteiger charge is -2.31. The Labute approximate surface area is 138 Å². The molecule has 0 radical (unpaired) electrons. The zero-order valence-corrected chi connectivity index (χ0v) is 13.5. The first-order valence-electron chi connectivity index (χ1n) is 7.65. The first-order chi connectivity index (χ1) is 11.4. The predicted molar refractivity (Wildman–Crippen MR) is 85.7 cm³/mol. The van der Waals surface area contributed by atoms with E-state index in [1.54, 1.807) is 18.1 Å². The number of rotatable bonds is 3. The highest BCUT2D eigenvalue weighted by Gasteiger charge is 2.30. The maximum absolute atomic E-state index is 12.7. The van der Waals surface area contributed by atoms with Gasteiger partial charge in [0.15, 0.2) is 0 Å².